The van der Waals surface area contributed by atoms with E-state index in [9.17, 15) is 8.42 Å². The summed E-state index contributed by atoms with van der Waals surface area (Å²) in [5, 5.41) is 3.94. The van der Waals surface area contributed by atoms with Crippen LogP contribution in [0.25, 0.3) is 11.4 Å². The first-order valence-corrected chi connectivity index (χ1v) is 10.5. The van der Waals surface area contributed by atoms with Gasteiger partial charge >= 0.3 is 0 Å². The van der Waals surface area contributed by atoms with Crippen molar-refractivity contribution in [2.24, 2.45) is 0 Å². The quantitative estimate of drug-likeness (QED) is 0.471. The summed E-state index contributed by atoms with van der Waals surface area (Å²) in [4.78, 5) is 4.49. The van der Waals surface area contributed by atoms with E-state index in [1.807, 2.05) is 0 Å². The Bertz CT molecular complexity index is 1050. The fourth-order valence-electron chi connectivity index (χ4n) is 2.47. The van der Waals surface area contributed by atoms with Crippen molar-refractivity contribution in [1.82, 2.24) is 14.4 Å². The highest BCUT2D eigenvalue weighted by Crippen LogP contribution is 2.23. The van der Waals surface area contributed by atoms with E-state index >= 15 is 0 Å². The lowest BCUT2D eigenvalue weighted by molar-refractivity contribution is 0.327. The predicted octanol–water partition coefficient (Wildman–Crippen LogP) is 3.88. The molecular weight excluding hydrogens is 446 g/mol. The van der Waals surface area contributed by atoms with E-state index in [2.05, 4.69) is 32.6 Å². The van der Waals surface area contributed by atoms with Gasteiger partial charge in [-0.1, -0.05) is 27.2 Å². The summed E-state index contributed by atoms with van der Waals surface area (Å²) in [7, 11) is -2.16. The van der Waals surface area contributed by atoms with Gasteiger partial charge in [0.25, 0.3) is 0 Å². The Hall–Kier alpha value is -2.49. The van der Waals surface area contributed by atoms with Crippen LogP contribution in [-0.2, 0) is 16.6 Å². The molecule has 0 radical (unpaired) electrons. The number of hydrogen-bond acceptors (Lipinski definition) is 6. The summed E-state index contributed by atoms with van der Waals surface area (Å²) in [6.07, 6.45) is 1.51. The van der Waals surface area contributed by atoms with Gasteiger partial charge in [-0.2, -0.15) is 9.29 Å². The number of nitrogens with zero attached hydrogens (tertiary/aromatic N) is 3. The van der Waals surface area contributed by atoms with Gasteiger partial charge in [-0.05, 0) is 48.5 Å². The van der Waals surface area contributed by atoms with Crippen LogP contribution in [0.5, 0.6) is 5.75 Å². The molecular formula is C19H18BrN3O4S. The zero-order chi connectivity index (χ0) is 20.1. The third-order valence-corrected chi connectivity index (χ3v) is 6.27. The molecule has 1 heterocycles. The van der Waals surface area contributed by atoms with Crippen molar-refractivity contribution in [3.63, 3.8) is 0 Å². The molecule has 0 aliphatic rings. The van der Waals surface area contributed by atoms with E-state index in [-0.39, 0.29) is 23.9 Å². The molecule has 0 aliphatic heterocycles. The van der Waals surface area contributed by atoms with Crippen LogP contribution in [0.3, 0.4) is 0 Å². The molecule has 0 amide bonds. The van der Waals surface area contributed by atoms with E-state index < -0.39 is 10.0 Å². The summed E-state index contributed by atoms with van der Waals surface area (Å²) < 4.78 is 38.3. The average molecular weight is 464 g/mol. The number of rotatable bonds is 8. The Morgan fingerprint density at radius 2 is 1.86 bits per heavy atom. The lowest BCUT2D eigenvalue weighted by Crippen LogP contribution is -2.31. The topological polar surface area (TPSA) is 85.5 Å². The van der Waals surface area contributed by atoms with Crippen LogP contribution in [0.1, 0.15) is 5.89 Å². The molecule has 3 rings (SSSR count). The van der Waals surface area contributed by atoms with Gasteiger partial charge < -0.3 is 9.26 Å². The molecule has 146 valence electrons. The fraction of sp³-hybridized carbons (Fsp3) is 0.158. The SMILES string of the molecule is C=CCN(Cc1nc(-c2ccc(OC)cc2)no1)S(=O)(=O)c1ccc(Br)cc1. The van der Waals surface area contributed by atoms with E-state index in [0.29, 0.717) is 11.6 Å². The van der Waals surface area contributed by atoms with Crippen molar-refractivity contribution >= 4 is 26.0 Å². The lowest BCUT2D eigenvalue weighted by Gasteiger charge is -2.18. The van der Waals surface area contributed by atoms with Crippen molar-refractivity contribution in [3.05, 3.63) is 71.5 Å². The number of halogens is 1. The average Bonchev–Trinajstić information content (AvgIpc) is 3.17. The van der Waals surface area contributed by atoms with E-state index in [4.69, 9.17) is 9.26 Å². The maximum atomic E-state index is 12.9. The van der Waals surface area contributed by atoms with E-state index in [0.717, 1.165) is 10.0 Å². The second-order valence-electron chi connectivity index (χ2n) is 5.78. The van der Waals surface area contributed by atoms with Gasteiger partial charge in [-0.25, -0.2) is 8.42 Å². The van der Waals surface area contributed by atoms with Crippen molar-refractivity contribution in [2.45, 2.75) is 11.4 Å². The molecule has 3 aromatic rings. The van der Waals surface area contributed by atoms with Crippen LogP contribution in [0.15, 0.2) is 75.1 Å². The highest BCUT2D eigenvalue weighted by Gasteiger charge is 2.26. The second-order valence-corrected chi connectivity index (χ2v) is 8.63. The summed E-state index contributed by atoms with van der Waals surface area (Å²) >= 11 is 3.30. The molecule has 0 saturated carbocycles. The maximum Gasteiger partial charge on any atom is 0.243 e. The lowest BCUT2D eigenvalue weighted by atomic mass is 10.2. The molecule has 0 unspecified atom stereocenters. The summed E-state index contributed by atoms with van der Waals surface area (Å²) in [6, 6.07) is 13.6. The third kappa shape index (κ3) is 4.49. The first-order valence-electron chi connectivity index (χ1n) is 8.27. The molecule has 0 aliphatic carbocycles. The minimum atomic E-state index is -3.75. The Morgan fingerprint density at radius 3 is 2.46 bits per heavy atom. The predicted molar refractivity (Wildman–Crippen MR) is 108 cm³/mol. The number of aromatic nitrogens is 2. The van der Waals surface area contributed by atoms with E-state index in [1.165, 1.54) is 22.5 Å². The van der Waals surface area contributed by atoms with Crippen molar-refractivity contribution < 1.29 is 17.7 Å². The minimum Gasteiger partial charge on any atom is -0.497 e. The van der Waals surface area contributed by atoms with Gasteiger partial charge in [0, 0.05) is 16.6 Å². The molecule has 2 aromatic carbocycles. The number of hydrogen-bond donors (Lipinski definition) is 0. The van der Waals surface area contributed by atoms with Crippen LogP contribution >= 0.6 is 15.9 Å². The van der Waals surface area contributed by atoms with Gasteiger partial charge in [0.2, 0.25) is 21.7 Å². The molecule has 9 heteroatoms. The van der Waals surface area contributed by atoms with Gasteiger partial charge in [-0.3, -0.25) is 0 Å². The van der Waals surface area contributed by atoms with Crippen molar-refractivity contribution in [3.8, 4) is 17.1 Å². The Labute approximate surface area is 171 Å². The van der Waals surface area contributed by atoms with Gasteiger partial charge in [0.15, 0.2) is 0 Å². The maximum absolute atomic E-state index is 12.9. The zero-order valence-corrected chi connectivity index (χ0v) is 17.5. The fourth-order valence-corrected chi connectivity index (χ4v) is 4.10. The van der Waals surface area contributed by atoms with Crippen LogP contribution in [0, 0.1) is 0 Å². The van der Waals surface area contributed by atoms with Crippen LogP contribution < -0.4 is 4.74 Å². The van der Waals surface area contributed by atoms with Gasteiger partial charge in [0.05, 0.1) is 18.6 Å². The normalized spacial score (nSPS) is 11.5. The molecule has 0 bridgehead atoms. The number of methoxy groups -OCH3 is 1. The van der Waals surface area contributed by atoms with Gasteiger partial charge in [0.1, 0.15) is 5.75 Å². The Kier molecular flexibility index (Phi) is 6.28. The molecule has 0 saturated heterocycles. The number of benzene rings is 2. The smallest absolute Gasteiger partial charge is 0.243 e. The molecule has 0 atom stereocenters. The highest BCUT2D eigenvalue weighted by molar-refractivity contribution is 9.10. The molecule has 7 nitrogen and oxygen atoms in total. The van der Waals surface area contributed by atoms with Crippen LogP contribution in [0.4, 0.5) is 0 Å². The van der Waals surface area contributed by atoms with Gasteiger partial charge in [-0.15, -0.1) is 6.58 Å². The van der Waals surface area contributed by atoms with E-state index in [1.54, 1.807) is 43.5 Å². The standard InChI is InChI=1S/C19H18BrN3O4S/c1-3-12-23(28(24,25)17-10-6-15(20)7-11-17)13-18-21-19(22-27-18)14-4-8-16(26-2)9-5-14/h3-11H,1,12-13H2,2H3. The monoisotopic (exact) mass is 463 g/mol. The molecule has 28 heavy (non-hydrogen) atoms. The second kappa shape index (κ2) is 8.68. The summed E-state index contributed by atoms with van der Waals surface area (Å²) in [5.41, 5.74) is 0.738. The molecule has 0 spiro atoms. The summed E-state index contributed by atoms with van der Waals surface area (Å²) in [6.45, 7) is 3.69. The molecule has 1 aromatic heterocycles. The number of ether oxygens (including phenoxy) is 1. The van der Waals surface area contributed by atoms with Crippen molar-refractivity contribution in [2.75, 3.05) is 13.7 Å². The van der Waals surface area contributed by atoms with Crippen LogP contribution in [0.2, 0.25) is 0 Å². The first kappa shape index (κ1) is 20.2. The Morgan fingerprint density at radius 1 is 1.18 bits per heavy atom. The van der Waals surface area contributed by atoms with Crippen LogP contribution in [-0.4, -0.2) is 36.5 Å². The molecule has 0 fully saturated rings. The van der Waals surface area contributed by atoms with Crippen molar-refractivity contribution in [1.29, 1.82) is 0 Å². The minimum absolute atomic E-state index is 0.0619. The third-order valence-electron chi connectivity index (χ3n) is 3.91. The zero-order valence-electron chi connectivity index (χ0n) is 15.1. The Balaban J connectivity index is 1.83. The number of sulfonamides is 1. The highest BCUT2D eigenvalue weighted by atomic mass is 79.9. The summed E-state index contributed by atoms with van der Waals surface area (Å²) in [5.74, 6) is 1.27. The first-order chi connectivity index (χ1) is 13.4. The largest absolute Gasteiger partial charge is 0.497 e. The molecule has 0 N–H and O–H groups in total.